The number of hydrogen-bond donors (Lipinski definition) is 3. The number of hydrogen-bond acceptors (Lipinski definition) is 4. The summed E-state index contributed by atoms with van der Waals surface area (Å²) >= 11 is 5.28. The molecule has 1 aliphatic rings. The fraction of sp³-hybridized carbons (Fsp3) is 0.300. The van der Waals surface area contributed by atoms with E-state index < -0.39 is 29.0 Å². The molecule has 2 unspecified atom stereocenters. The van der Waals surface area contributed by atoms with E-state index in [0.717, 1.165) is 12.1 Å². The molecule has 3 N–H and O–H groups in total. The van der Waals surface area contributed by atoms with Gasteiger partial charge < -0.3 is 15.2 Å². The van der Waals surface area contributed by atoms with Crippen molar-refractivity contribution in [2.45, 2.75) is 12.0 Å². The van der Waals surface area contributed by atoms with Crippen LogP contribution >= 0.6 is 12.2 Å². The molecule has 1 saturated heterocycles. The van der Waals surface area contributed by atoms with Gasteiger partial charge in [-0.15, -0.1) is 0 Å². The van der Waals surface area contributed by atoms with Crippen molar-refractivity contribution in [2.75, 3.05) is 19.8 Å². The molecule has 0 bridgehead atoms. The predicted molar refractivity (Wildman–Crippen MR) is 104 cm³/mol. The quantitative estimate of drug-likeness (QED) is 0.681. The van der Waals surface area contributed by atoms with Crippen molar-refractivity contribution in [1.82, 2.24) is 10.6 Å². The minimum atomic E-state index is -1.24. The number of amides is 1. The molecule has 2 aromatic rings. The number of thiocarbonyl (C=S) groups is 1. The monoisotopic (exact) mass is 406 g/mol. The third-order valence-electron chi connectivity index (χ3n) is 4.87. The van der Waals surface area contributed by atoms with Crippen molar-refractivity contribution in [1.29, 1.82) is 0 Å². The van der Waals surface area contributed by atoms with Crippen LogP contribution in [0.3, 0.4) is 0 Å². The highest BCUT2D eigenvalue weighted by atomic mass is 32.1. The molecule has 8 heteroatoms. The number of halogens is 2. The summed E-state index contributed by atoms with van der Waals surface area (Å²) in [5.41, 5.74) is -0.720. The van der Waals surface area contributed by atoms with Crippen molar-refractivity contribution < 1.29 is 23.4 Å². The summed E-state index contributed by atoms with van der Waals surface area (Å²) in [5, 5.41) is 15.4. The maximum atomic E-state index is 14.6. The zero-order chi connectivity index (χ0) is 20.1. The van der Waals surface area contributed by atoms with Gasteiger partial charge in [-0.2, -0.15) is 0 Å². The van der Waals surface area contributed by atoms with E-state index in [2.05, 4.69) is 10.6 Å². The van der Waals surface area contributed by atoms with Crippen LogP contribution in [0.15, 0.2) is 48.5 Å². The molecule has 0 aromatic heterocycles. The van der Waals surface area contributed by atoms with Crippen LogP contribution in [0, 0.1) is 17.6 Å². The zero-order valence-electron chi connectivity index (χ0n) is 15.0. The lowest BCUT2D eigenvalue weighted by Gasteiger charge is -2.44. The number of aliphatic hydroxyl groups excluding tert-OH is 1. The molecule has 148 valence electrons. The topological polar surface area (TPSA) is 70.6 Å². The Bertz CT molecular complexity index is 866. The van der Waals surface area contributed by atoms with Gasteiger partial charge in [0.2, 0.25) is 0 Å². The molecule has 3 rings (SSSR count). The highest BCUT2D eigenvalue weighted by Gasteiger charge is 2.45. The Labute approximate surface area is 166 Å². The Morgan fingerprint density at radius 2 is 2.00 bits per heavy atom. The summed E-state index contributed by atoms with van der Waals surface area (Å²) in [5.74, 6) is -2.37. The third kappa shape index (κ3) is 4.19. The number of carbonyl (C=O) groups is 1. The highest BCUT2D eigenvalue weighted by molar-refractivity contribution is 7.80. The lowest BCUT2D eigenvalue weighted by Crippen LogP contribution is -2.60. The lowest BCUT2D eigenvalue weighted by molar-refractivity contribution is -0.0341. The molecule has 1 aliphatic heterocycles. The summed E-state index contributed by atoms with van der Waals surface area (Å²) in [6, 6.07) is 11.7. The molecule has 2 atom stereocenters. The normalized spacial score (nSPS) is 21.8. The smallest absolute Gasteiger partial charge is 0.257 e. The minimum Gasteiger partial charge on any atom is -0.396 e. The number of benzene rings is 2. The third-order valence-corrected chi connectivity index (χ3v) is 5.07. The minimum absolute atomic E-state index is 0.00211. The number of rotatable bonds is 4. The number of ether oxygens (including phenoxy) is 1. The van der Waals surface area contributed by atoms with Gasteiger partial charge in [-0.3, -0.25) is 10.1 Å². The Hall–Kier alpha value is -2.42. The van der Waals surface area contributed by atoms with Gasteiger partial charge in [0.1, 0.15) is 11.6 Å². The molecule has 0 aliphatic carbocycles. The molecule has 1 fully saturated rings. The number of nitrogens with one attached hydrogen (secondary N) is 2. The van der Waals surface area contributed by atoms with E-state index in [1.807, 2.05) is 0 Å². The summed E-state index contributed by atoms with van der Waals surface area (Å²) < 4.78 is 33.6. The van der Waals surface area contributed by atoms with Crippen LogP contribution < -0.4 is 10.6 Å². The van der Waals surface area contributed by atoms with E-state index in [1.165, 1.54) is 6.07 Å². The van der Waals surface area contributed by atoms with Crippen LogP contribution in [0.1, 0.15) is 22.3 Å². The maximum absolute atomic E-state index is 14.6. The SMILES string of the molecule is O=C(NC(=S)NC1(c2ccc(F)cc2F)COCCC1CO)c1ccccc1. The van der Waals surface area contributed by atoms with E-state index in [1.54, 1.807) is 30.3 Å². The van der Waals surface area contributed by atoms with Gasteiger partial charge in [-0.05, 0) is 36.8 Å². The van der Waals surface area contributed by atoms with Gasteiger partial charge >= 0.3 is 0 Å². The molecular weight excluding hydrogens is 386 g/mol. The van der Waals surface area contributed by atoms with Crippen molar-refractivity contribution >= 4 is 23.2 Å². The summed E-state index contributed by atoms with van der Waals surface area (Å²) in [6.07, 6.45) is 0.440. The second kappa shape index (κ2) is 8.72. The Kier molecular flexibility index (Phi) is 6.33. The van der Waals surface area contributed by atoms with Gasteiger partial charge in [0.25, 0.3) is 5.91 Å². The molecule has 0 saturated carbocycles. The van der Waals surface area contributed by atoms with Crippen LogP contribution in [0.4, 0.5) is 8.78 Å². The number of aliphatic hydroxyl groups is 1. The van der Waals surface area contributed by atoms with E-state index in [9.17, 15) is 18.7 Å². The lowest BCUT2D eigenvalue weighted by atomic mass is 9.75. The summed E-state index contributed by atoms with van der Waals surface area (Å²) in [4.78, 5) is 12.4. The van der Waals surface area contributed by atoms with Gasteiger partial charge in [0.05, 0.1) is 12.1 Å². The first-order valence-electron chi connectivity index (χ1n) is 8.79. The van der Waals surface area contributed by atoms with Crippen molar-refractivity contribution in [3.63, 3.8) is 0 Å². The largest absolute Gasteiger partial charge is 0.396 e. The zero-order valence-corrected chi connectivity index (χ0v) is 15.8. The van der Waals surface area contributed by atoms with Crippen LogP contribution in [-0.4, -0.2) is 35.9 Å². The molecular formula is C20H20F2N2O3S. The molecule has 2 aromatic carbocycles. The van der Waals surface area contributed by atoms with Crippen LogP contribution in [0.5, 0.6) is 0 Å². The van der Waals surface area contributed by atoms with E-state index >= 15 is 0 Å². The molecule has 1 amide bonds. The molecule has 0 spiro atoms. The first-order valence-corrected chi connectivity index (χ1v) is 9.20. The first-order chi connectivity index (χ1) is 13.5. The first kappa shape index (κ1) is 20.3. The van der Waals surface area contributed by atoms with E-state index in [0.29, 0.717) is 18.6 Å². The van der Waals surface area contributed by atoms with Gasteiger partial charge in [0, 0.05) is 36.3 Å². The van der Waals surface area contributed by atoms with Crippen LogP contribution in [-0.2, 0) is 10.3 Å². The maximum Gasteiger partial charge on any atom is 0.257 e. The standard InChI is InChI=1S/C20H20F2N2O3S/c21-15-6-7-16(17(22)10-15)20(12-27-9-8-14(20)11-25)24-19(28)23-18(26)13-4-2-1-3-5-13/h1-7,10,14,25H,8-9,11-12H2,(H2,23,24,26,28). The van der Waals surface area contributed by atoms with Gasteiger partial charge in [-0.1, -0.05) is 24.3 Å². The molecule has 0 radical (unpaired) electrons. The average Bonchev–Trinajstić information content (AvgIpc) is 2.68. The predicted octanol–water partition coefficient (Wildman–Crippen LogP) is 2.49. The van der Waals surface area contributed by atoms with Crippen LogP contribution in [0.25, 0.3) is 0 Å². The molecule has 1 heterocycles. The second-order valence-corrected chi connectivity index (χ2v) is 7.00. The van der Waals surface area contributed by atoms with E-state index in [4.69, 9.17) is 17.0 Å². The van der Waals surface area contributed by atoms with Crippen molar-refractivity contribution in [3.05, 3.63) is 71.3 Å². The Morgan fingerprint density at radius 3 is 2.68 bits per heavy atom. The summed E-state index contributed by atoms with van der Waals surface area (Å²) in [7, 11) is 0. The fourth-order valence-electron chi connectivity index (χ4n) is 3.42. The molecule has 28 heavy (non-hydrogen) atoms. The second-order valence-electron chi connectivity index (χ2n) is 6.59. The molecule has 5 nitrogen and oxygen atoms in total. The highest BCUT2D eigenvalue weighted by Crippen LogP contribution is 2.37. The average molecular weight is 406 g/mol. The van der Waals surface area contributed by atoms with Gasteiger partial charge in [-0.25, -0.2) is 8.78 Å². The van der Waals surface area contributed by atoms with E-state index in [-0.39, 0.29) is 23.9 Å². The summed E-state index contributed by atoms with van der Waals surface area (Å²) in [6.45, 7) is 0.130. The fourth-order valence-corrected chi connectivity index (χ4v) is 3.70. The Morgan fingerprint density at radius 1 is 1.25 bits per heavy atom. The Balaban J connectivity index is 1.89. The van der Waals surface area contributed by atoms with Crippen LogP contribution in [0.2, 0.25) is 0 Å². The van der Waals surface area contributed by atoms with Gasteiger partial charge in [0.15, 0.2) is 5.11 Å². The van der Waals surface area contributed by atoms with Crippen molar-refractivity contribution in [3.8, 4) is 0 Å². The van der Waals surface area contributed by atoms with Crippen molar-refractivity contribution in [2.24, 2.45) is 5.92 Å². The number of carbonyl (C=O) groups excluding carboxylic acids is 1.